The summed E-state index contributed by atoms with van der Waals surface area (Å²) >= 11 is 0. The molecule has 0 aliphatic carbocycles. The molecule has 7 nitrogen and oxygen atoms in total. The van der Waals surface area contributed by atoms with Crippen LogP contribution in [0.1, 0.15) is 32.1 Å². The normalized spacial score (nSPS) is 21.5. The third-order valence-corrected chi connectivity index (χ3v) is 7.18. The molecule has 1 N–H and O–H groups in total. The molecule has 31 heavy (non-hydrogen) atoms. The van der Waals surface area contributed by atoms with E-state index >= 15 is 0 Å². The van der Waals surface area contributed by atoms with Crippen LogP contribution in [0.2, 0.25) is 0 Å². The lowest BCUT2D eigenvalue weighted by Crippen LogP contribution is -2.49. The van der Waals surface area contributed by atoms with Crippen molar-refractivity contribution < 1.29 is 23.1 Å². The predicted octanol–water partition coefficient (Wildman–Crippen LogP) is 5.24. The number of benzene rings is 2. The number of hydrogen-bond donors (Lipinski definition) is 1. The molecule has 1 amide bonds. The van der Waals surface area contributed by atoms with Crippen LogP contribution in [0.5, 0.6) is 11.5 Å². The van der Waals surface area contributed by atoms with Crippen molar-refractivity contribution in [1.29, 1.82) is 0 Å². The number of nitrogens with one attached hydrogen (secondary N) is 1. The van der Waals surface area contributed by atoms with Gasteiger partial charge in [0.15, 0.2) is 0 Å². The number of nitrogens with zero attached hydrogens (tertiary/aromatic N) is 1. The Bertz CT molecular complexity index is 848. The Hall–Kier alpha value is -2.50. The Balaban J connectivity index is 1.39. The second-order valence-electron chi connectivity index (χ2n) is 8.02. The van der Waals surface area contributed by atoms with Crippen molar-refractivity contribution in [2.24, 2.45) is 5.92 Å². The molecule has 2 aromatic carbocycles. The summed E-state index contributed by atoms with van der Waals surface area (Å²) in [4.78, 5) is 15.1. The molecule has 8 heteroatoms. The zero-order chi connectivity index (χ0) is 21.5. The van der Waals surface area contributed by atoms with Gasteiger partial charge in [0.25, 0.3) is 0 Å². The molecule has 2 fully saturated rings. The zero-order valence-electron chi connectivity index (χ0n) is 17.5. The van der Waals surface area contributed by atoms with Crippen LogP contribution in [0.25, 0.3) is 0 Å². The maximum atomic E-state index is 13.4. The van der Waals surface area contributed by atoms with Gasteiger partial charge >= 0.3 is 13.8 Å². The Morgan fingerprint density at radius 3 is 2.16 bits per heavy atom. The van der Waals surface area contributed by atoms with Crippen molar-refractivity contribution in [2.75, 3.05) is 19.7 Å². The average molecular weight is 444 g/mol. The summed E-state index contributed by atoms with van der Waals surface area (Å²) in [6.45, 7) is 2.54. The molecule has 4 rings (SSSR count). The summed E-state index contributed by atoms with van der Waals surface area (Å²) in [7, 11) is -4.05. The Morgan fingerprint density at radius 1 is 0.903 bits per heavy atom. The van der Waals surface area contributed by atoms with Crippen molar-refractivity contribution >= 4 is 13.8 Å². The molecule has 2 aliphatic rings. The van der Waals surface area contributed by atoms with Crippen molar-refractivity contribution in [3.8, 4) is 11.5 Å². The molecule has 0 unspecified atom stereocenters. The van der Waals surface area contributed by atoms with Crippen molar-refractivity contribution in [3.63, 3.8) is 0 Å². The predicted molar refractivity (Wildman–Crippen MR) is 118 cm³/mol. The highest BCUT2D eigenvalue weighted by Crippen LogP contribution is 2.44. The SMILES string of the molecule is O=C(NP(=O)(Oc1ccccc1)Oc1ccccc1)OC[C@H]1CCCN2CCCC[C@H]12. The molecule has 0 saturated carbocycles. The van der Waals surface area contributed by atoms with E-state index in [2.05, 4.69) is 9.99 Å². The summed E-state index contributed by atoms with van der Waals surface area (Å²) < 4.78 is 30.0. The number of carbonyl (C=O) groups excluding carboxylic acids is 1. The van der Waals surface area contributed by atoms with Crippen LogP contribution in [-0.4, -0.2) is 36.7 Å². The number of fused-ring (bicyclic) bond motifs is 1. The molecule has 0 radical (unpaired) electrons. The number of hydrogen-bond acceptors (Lipinski definition) is 6. The van der Waals surface area contributed by atoms with Gasteiger partial charge in [-0.05, 0) is 63.0 Å². The number of piperidine rings is 2. The molecule has 2 saturated heterocycles. The largest absolute Gasteiger partial charge is 0.546 e. The first kappa shape index (κ1) is 21.7. The van der Waals surface area contributed by atoms with Crippen LogP contribution >= 0.6 is 7.75 Å². The lowest BCUT2D eigenvalue weighted by atomic mass is 9.84. The summed E-state index contributed by atoms with van der Waals surface area (Å²) in [6.07, 6.45) is 4.94. The minimum Gasteiger partial charge on any atom is -0.449 e. The van der Waals surface area contributed by atoms with E-state index in [4.69, 9.17) is 13.8 Å². The van der Waals surface area contributed by atoms with Crippen molar-refractivity contribution in [2.45, 2.75) is 38.1 Å². The third kappa shape index (κ3) is 6.02. The van der Waals surface area contributed by atoms with Gasteiger partial charge in [0.05, 0.1) is 6.61 Å². The second-order valence-corrected chi connectivity index (χ2v) is 9.60. The van der Waals surface area contributed by atoms with Gasteiger partial charge in [-0.2, -0.15) is 0 Å². The van der Waals surface area contributed by atoms with Gasteiger partial charge in [0.1, 0.15) is 11.5 Å². The monoisotopic (exact) mass is 444 g/mol. The lowest BCUT2D eigenvalue weighted by Gasteiger charge is -2.44. The van der Waals surface area contributed by atoms with Crippen LogP contribution < -0.4 is 14.1 Å². The first-order chi connectivity index (χ1) is 15.1. The van der Waals surface area contributed by atoms with Gasteiger partial charge in [-0.15, -0.1) is 0 Å². The molecule has 2 aliphatic heterocycles. The molecule has 0 spiro atoms. The highest BCUT2D eigenvalue weighted by atomic mass is 31.2. The zero-order valence-corrected chi connectivity index (χ0v) is 18.4. The van der Waals surface area contributed by atoms with E-state index < -0.39 is 13.8 Å². The molecular weight excluding hydrogens is 415 g/mol. The fraction of sp³-hybridized carbons (Fsp3) is 0.435. The summed E-state index contributed by atoms with van der Waals surface area (Å²) in [6, 6.07) is 17.7. The number of carbonyl (C=O) groups is 1. The van der Waals surface area contributed by atoms with Crippen LogP contribution in [-0.2, 0) is 9.30 Å². The van der Waals surface area contributed by atoms with Gasteiger partial charge in [-0.1, -0.05) is 42.8 Å². The maximum absolute atomic E-state index is 13.4. The third-order valence-electron chi connectivity index (χ3n) is 5.82. The van der Waals surface area contributed by atoms with E-state index in [-0.39, 0.29) is 0 Å². The fourth-order valence-electron chi connectivity index (χ4n) is 4.40. The van der Waals surface area contributed by atoms with E-state index in [9.17, 15) is 9.36 Å². The van der Waals surface area contributed by atoms with E-state index in [0.717, 1.165) is 32.4 Å². The number of ether oxygens (including phenoxy) is 1. The first-order valence-corrected chi connectivity index (χ1v) is 12.4. The molecule has 0 bridgehead atoms. The van der Waals surface area contributed by atoms with Crippen molar-refractivity contribution in [3.05, 3.63) is 60.7 Å². The molecular formula is C23H29N2O5P. The van der Waals surface area contributed by atoms with Gasteiger partial charge in [-0.3, -0.25) is 4.90 Å². The maximum Gasteiger partial charge on any atom is 0.546 e. The van der Waals surface area contributed by atoms with Crippen molar-refractivity contribution in [1.82, 2.24) is 9.99 Å². The molecule has 166 valence electrons. The summed E-state index contributed by atoms with van der Waals surface area (Å²) in [5, 5.41) is 2.34. The number of rotatable bonds is 7. The Labute approximate surface area is 183 Å². The highest BCUT2D eigenvalue weighted by molar-refractivity contribution is 7.53. The van der Waals surface area contributed by atoms with Gasteiger partial charge in [-0.25, -0.2) is 14.4 Å². The number of para-hydroxylation sites is 2. The first-order valence-electron chi connectivity index (χ1n) is 10.9. The van der Waals surface area contributed by atoms with E-state index in [0.29, 0.717) is 30.1 Å². The van der Waals surface area contributed by atoms with Gasteiger partial charge in [0, 0.05) is 12.0 Å². The lowest BCUT2D eigenvalue weighted by molar-refractivity contribution is 0.0243. The Morgan fingerprint density at radius 2 is 1.52 bits per heavy atom. The molecule has 2 aromatic rings. The summed E-state index contributed by atoms with van der Waals surface area (Å²) in [5.41, 5.74) is 0. The van der Waals surface area contributed by atoms with Crippen LogP contribution in [0.4, 0.5) is 4.79 Å². The van der Waals surface area contributed by atoms with Crippen LogP contribution in [0, 0.1) is 5.92 Å². The fourth-order valence-corrected chi connectivity index (χ4v) is 5.62. The second kappa shape index (κ2) is 10.2. The minimum atomic E-state index is -4.05. The smallest absolute Gasteiger partial charge is 0.449 e. The average Bonchev–Trinajstić information content (AvgIpc) is 2.78. The van der Waals surface area contributed by atoms with Crippen LogP contribution in [0.15, 0.2) is 60.7 Å². The molecule has 2 heterocycles. The van der Waals surface area contributed by atoms with E-state index in [1.807, 2.05) is 12.1 Å². The quantitative estimate of drug-likeness (QED) is 0.589. The van der Waals surface area contributed by atoms with Gasteiger partial charge < -0.3 is 13.8 Å². The Kier molecular flexibility index (Phi) is 7.15. The number of amides is 1. The standard InChI is InChI=1S/C23H29N2O5P/c26-23(28-18-19-10-9-17-25-16-8-7-15-22(19)25)24-31(27,29-20-11-3-1-4-12-20)30-21-13-5-2-6-14-21/h1-6,11-14,19,22H,7-10,15-18H2,(H,24,26,27)/t19-,22-/m1/s1. The summed E-state index contributed by atoms with van der Waals surface area (Å²) in [5.74, 6) is 0.948. The minimum absolute atomic E-state index is 0.295. The van der Waals surface area contributed by atoms with Gasteiger partial charge in [0.2, 0.25) is 0 Å². The van der Waals surface area contributed by atoms with E-state index in [1.54, 1.807) is 48.5 Å². The topological polar surface area (TPSA) is 77.1 Å². The molecule has 2 atom stereocenters. The highest BCUT2D eigenvalue weighted by Gasteiger charge is 2.36. The molecule has 0 aromatic heterocycles. The van der Waals surface area contributed by atoms with E-state index in [1.165, 1.54) is 12.8 Å². The van der Waals surface area contributed by atoms with Crippen LogP contribution in [0.3, 0.4) is 0 Å².